The van der Waals surface area contributed by atoms with Crippen LogP contribution >= 0.6 is 0 Å². The molecule has 0 aromatic heterocycles. The highest BCUT2D eigenvalue weighted by atomic mass is 16.5. The Hall–Kier alpha value is -2.20. The summed E-state index contributed by atoms with van der Waals surface area (Å²) in [4.78, 5) is 51.5. The number of likely N-dealkylation sites (tertiary alicyclic amines) is 1. The maximum atomic E-state index is 13.2. The summed E-state index contributed by atoms with van der Waals surface area (Å²) >= 11 is 0. The van der Waals surface area contributed by atoms with E-state index in [4.69, 9.17) is 4.74 Å². The van der Waals surface area contributed by atoms with E-state index in [9.17, 15) is 24.3 Å². The van der Waals surface area contributed by atoms with Crippen molar-refractivity contribution in [2.75, 3.05) is 33.4 Å². The number of aliphatic carboxylic acids is 1. The van der Waals surface area contributed by atoms with Gasteiger partial charge in [-0.05, 0) is 51.1 Å². The molecule has 4 N–H and O–H groups in total. The summed E-state index contributed by atoms with van der Waals surface area (Å²) in [6.07, 6.45) is 2.49. The lowest BCUT2D eigenvalue weighted by Gasteiger charge is -2.41. The fourth-order valence-corrected chi connectivity index (χ4v) is 4.27. The molecule has 10 heteroatoms. The zero-order valence-electron chi connectivity index (χ0n) is 18.7. The van der Waals surface area contributed by atoms with E-state index in [0.717, 1.165) is 13.1 Å². The molecule has 0 aromatic carbocycles. The van der Waals surface area contributed by atoms with Crippen LogP contribution in [0.4, 0.5) is 0 Å². The normalized spacial score (nSPS) is 23.3. The number of piperidine rings is 2. The number of carbonyl (C=O) groups excluding carboxylic acids is 3. The first-order valence-corrected chi connectivity index (χ1v) is 11.1. The van der Waals surface area contributed by atoms with Gasteiger partial charge in [-0.25, -0.2) is 4.79 Å². The average Bonchev–Trinajstić information content (AvgIpc) is 2.73. The van der Waals surface area contributed by atoms with E-state index in [0.29, 0.717) is 32.2 Å². The quantitative estimate of drug-likeness (QED) is 0.387. The zero-order valence-corrected chi connectivity index (χ0v) is 18.7. The second kappa shape index (κ2) is 12.0. The molecule has 2 saturated heterocycles. The summed E-state index contributed by atoms with van der Waals surface area (Å²) < 4.78 is 4.85. The number of amides is 3. The first kappa shape index (κ1) is 25.1. The number of ether oxygens (including phenoxy) is 1. The first-order chi connectivity index (χ1) is 14.7. The van der Waals surface area contributed by atoms with Crippen molar-refractivity contribution in [1.29, 1.82) is 0 Å². The number of nitrogens with zero attached hydrogens (tertiary/aromatic N) is 1. The second-order valence-corrected chi connectivity index (χ2v) is 8.82. The van der Waals surface area contributed by atoms with Gasteiger partial charge in [0.1, 0.15) is 18.7 Å². The lowest BCUT2D eigenvalue weighted by molar-refractivity contribution is -0.149. The largest absolute Gasteiger partial charge is 0.480 e. The van der Waals surface area contributed by atoms with Crippen molar-refractivity contribution in [3.63, 3.8) is 0 Å². The van der Waals surface area contributed by atoms with Crippen LogP contribution in [0.25, 0.3) is 0 Å². The van der Waals surface area contributed by atoms with Crippen molar-refractivity contribution in [2.45, 2.75) is 64.1 Å². The van der Waals surface area contributed by atoms with E-state index in [-0.39, 0.29) is 42.7 Å². The molecule has 2 fully saturated rings. The summed E-state index contributed by atoms with van der Waals surface area (Å²) in [6.45, 7) is 5.54. The van der Waals surface area contributed by atoms with Gasteiger partial charge < -0.3 is 30.7 Å². The summed E-state index contributed by atoms with van der Waals surface area (Å²) in [5, 5.41) is 18.2. The number of rotatable bonds is 9. The summed E-state index contributed by atoms with van der Waals surface area (Å²) in [5.74, 6) is -2.00. The van der Waals surface area contributed by atoms with Crippen molar-refractivity contribution < 1.29 is 29.0 Å². The molecule has 0 aromatic rings. The van der Waals surface area contributed by atoms with Gasteiger partial charge in [0, 0.05) is 25.6 Å². The van der Waals surface area contributed by atoms with Crippen LogP contribution in [0.1, 0.15) is 46.0 Å². The fourth-order valence-electron chi connectivity index (χ4n) is 4.27. The highest BCUT2D eigenvalue weighted by Gasteiger charge is 2.40. The molecular weight excluding hydrogens is 404 g/mol. The van der Waals surface area contributed by atoms with E-state index in [1.54, 1.807) is 4.90 Å². The minimum absolute atomic E-state index is 0.0703. The minimum atomic E-state index is -1.10. The van der Waals surface area contributed by atoms with Crippen molar-refractivity contribution in [2.24, 2.45) is 11.8 Å². The standard InChI is InChI=1S/C21H36N4O6/c1-13(2)10-16(21(29)30)24-19(27)17-11-15(23-18(26)12-31-3)6-9-25(17)20(28)14-4-7-22-8-5-14/h13-17,22H,4-12H2,1-3H3,(H,23,26)(H,24,27)(H,29,30). The Balaban J connectivity index is 2.15. The maximum absolute atomic E-state index is 13.2. The molecule has 10 nitrogen and oxygen atoms in total. The van der Waals surface area contributed by atoms with E-state index in [1.807, 2.05) is 13.8 Å². The van der Waals surface area contributed by atoms with Gasteiger partial charge >= 0.3 is 5.97 Å². The van der Waals surface area contributed by atoms with Gasteiger partial charge in [0.05, 0.1) is 0 Å². The average molecular weight is 441 g/mol. The second-order valence-electron chi connectivity index (χ2n) is 8.82. The van der Waals surface area contributed by atoms with Gasteiger partial charge in [-0.3, -0.25) is 14.4 Å². The lowest BCUT2D eigenvalue weighted by Crippen LogP contribution is -2.60. The van der Waals surface area contributed by atoms with Crippen LogP contribution < -0.4 is 16.0 Å². The molecular formula is C21H36N4O6. The smallest absolute Gasteiger partial charge is 0.326 e. The van der Waals surface area contributed by atoms with Crippen molar-refractivity contribution >= 4 is 23.7 Å². The Morgan fingerprint density at radius 2 is 1.84 bits per heavy atom. The van der Waals surface area contributed by atoms with Crippen molar-refractivity contribution in [3.05, 3.63) is 0 Å². The molecule has 3 atom stereocenters. The van der Waals surface area contributed by atoms with Crippen LogP contribution in [-0.2, 0) is 23.9 Å². The molecule has 176 valence electrons. The molecule has 2 heterocycles. The van der Waals surface area contributed by atoms with Crippen LogP contribution in [0.3, 0.4) is 0 Å². The van der Waals surface area contributed by atoms with Crippen LogP contribution in [0.15, 0.2) is 0 Å². The monoisotopic (exact) mass is 440 g/mol. The van der Waals surface area contributed by atoms with Gasteiger partial charge in [0.2, 0.25) is 17.7 Å². The van der Waals surface area contributed by atoms with Crippen LogP contribution in [0, 0.1) is 11.8 Å². The highest BCUT2D eigenvalue weighted by Crippen LogP contribution is 2.24. The number of hydrogen-bond donors (Lipinski definition) is 4. The van der Waals surface area contributed by atoms with Gasteiger partial charge in [0.25, 0.3) is 0 Å². The number of carboxylic acids is 1. The Labute approximate surface area is 183 Å². The zero-order chi connectivity index (χ0) is 23.0. The fraction of sp³-hybridized carbons (Fsp3) is 0.810. The third kappa shape index (κ3) is 7.46. The summed E-state index contributed by atoms with van der Waals surface area (Å²) in [6, 6.07) is -2.13. The van der Waals surface area contributed by atoms with E-state index < -0.39 is 24.0 Å². The molecule has 0 bridgehead atoms. The maximum Gasteiger partial charge on any atom is 0.326 e. The van der Waals surface area contributed by atoms with Crippen molar-refractivity contribution in [1.82, 2.24) is 20.9 Å². The molecule has 3 unspecified atom stereocenters. The van der Waals surface area contributed by atoms with Gasteiger partial charge in [-0.1, -0.05) is 13.8 Å². The molecule has 2 aliphatic rings. The van der Waals surface area contributed by atoms with Crippen LogP contribution in [0.5, 0.6) is 0 Å². The Bertz CT molecular complexity index is 650. The Kier molecular flexibility index (Phi) is 9.70. The molecule has 0 spiro atoms. The van der Waals surface area contributed by atoms with Gasteiger partial charge in [0.15, 0.2) is 0 Å². The molecule has 2 aliphatic heterocycles. The molecule has 3 amide bonds. The number of hydrogen-bond acceptors (Lipinski definition) is 6. The molecule has 0 radical (unpaired) electrons. The highest BCUT2D eigenvalue weighted by molar-refractivity contribution is 5.91. The number of nitrogens with one attached hydrogen (secondary N) is 3. The third-order valence-corrected chi connectivity index (χ3v) is 5.84. The van der Waals surface area contributed by atoms with E-state index >= 15 is 0 Å². The SMILES string of the molecule is COCC(=O)NC1CCN(C(=O)C2CCNCC2)C(C(=O)NC(CC(C)C)C(=O)O)C1. The summed E-state index contributed by atoms with van der Waals surface area (Å²) in [7, 11) is 1.43. The van der Waals surface area contributed by atoms with Gasteiger partial charge in [-0.15, -0.1) is 0 Å². The topological polar surface area (TPSA) is 137 Å². The van der Waals surface area contributed by atoms with Gasteiger partial charge in [-0.2, -0.15) is 0 Å². The Morgan fingerprint density at radius 1 is 1.16 bits per heavy atom. The summed E-state index contributed by atoms with van der Waals surface area (Å²) in [5.41, 5.74) is 0. The molecule has 0 aliphatic carbocycles. The number of carbonyl (C=O) groups is 4. The predicted octanol–water partition coefficient (Wildman–Crippen LogP) is -0.276. The van der Waals surface area contributed by atoms with Crippen molar-refractivity contribution in [3.8, 4) is 0 Å². The molecule has 0 saturated carbocycles. The number of carboxylic acid groups (broad SMARTS) is 1. The minimum Gasteiger partial charge on any atom is -0.480 e. The number of methoxy groups -OCH3 is 1. The molecule has 31 heavy (non-hydrogen) atoms. The first-order valence-electron chi connectivity index (χ1n) is 11.1. The molecule has 2 rings (SSSR count). The Morgan fingerprint density at radius 3 is 2.42 bits per heavy atom. The van der Waals surface area contributed by atoms with E-state index in [1.165, 1.54) is 7.11 Å². The van der Waals surface area contributed by atoms with E-state index in [2.05, 4.69) is 16.0 Å². The third-order valence-electron chi connectivity index (χ3n) is 5.84. The lowest BCUT2D eigenvalue weighted by atomic mass is 9.91. The van der Waals surface area contributed by atoms with Crippen LogP contribution in [-0.4, -0.2) is 85.2 Å². The van der Waals surface area contributed by atoms with Crippen LogP contribution in [0.2, 0.25) is 0 Å². The predicted molar refractivity (Wildman–Crippen MR) is 113 cm³/mol.